The predicted molar refractivity (Wildman–Crippen MR) is 109 cm³/mol. The van der Waals surface area contributed by atoms with E-state index in [1.807, 2.05) is 60.4 Å². The summed E-state index contributed by atoms with van der Waals surface area (Å²) in [6.07, 6.45) is 2.15. The van der Waals surface area contributed by atoms with Crippen LogP contribution in [0.4, 0.5) is 0 Å². The number of carbonyl (C=O) groups excluding carboxylic acids is 1. The molecule has 0 spiro atoms. The molecule has 3 aromatic rings. The summed E-state index contributed by atoms with van der Waals surface area (Å²) in [4.78, 5) is 15.1. The van der Waals surface area contributed by atoms with Crippen LogP contribution in [0.25, 0.3) is 10.9 Å². The van der Waals surface area contributed by atoms with Crippen LogP contribution in [0.5, 0.6) is 5.75 Å². The molecule has 2 aromatic carbocycles. The zero-order valence-corrected chi connectivity index (χ0v) is 16.2. The second-order valence-electron chi connectivity index (χ2n) is 6.87. The van der Waals surface area contributed by atoms with Gasteiger partial charge in [-0.2, -0.15) is 0 Å². The summed E-state index contributed by atoms with van der Waals surface area (Å²) in [6, 6.07) is 15.7. The van der Waals surface area contributed by atoms with Gasteiger partial charge in [0.15, 0.2) is 0 Å². The molecule has 1 aliphatic rings. The Morgan fingerprint density at radius 2 is 1.89 bits per heavy atom. The fraction of sp³-hybridized carbons (Fsp3) is 0.318. The summed E-state index contributed by atoms with van der Waals surface area (Å²) in [5, 5.41) is 1.68. The lowest BCUT2D eigenvalue weighted by molar-refractivity contribution is 0.0783. The lowest BCUT2D eigenvalue weighted by atomic mass is 10.2. The number of nitrogens with zero attached hydrogens (tertiary/aromatic N) is 2. The largest absolute Gasteiger partial charge is 0.493 e. The Labute approximate surface area is 164 Å². The Kier molecular flexibility index (Phi) is 5.08. The Bertz CT molecular complexity index is 974. The van der Waals surface area contributed by atoms with E-state index < -0.39 is 0 Å². The molecule has 0 saturated carbocycles. The summed E-state index contributed by atoms with van der Waals surface area (Å²) in [5.74, 6) is 0.906. The van der Waals surface area contributed by atoms with Crippen LogP contribution in [-0.2, 0) is 6.54 Å². The fourth-order valence-corrected chi connectivity index (χ4v) is 4.00. The molecule has 140 valence electrons. The van der Waals surface area contributed by atoms with Gasteiger partial charge in [0, 0.05) is 30.0 Å². The van der Waals surface area contributed by atoms with Gasteiger partial charge in [-0.25, -0.2) is 0 Å². The van der Waals surface area contributed by atoms with E-state index in [4.69, 9.17) is 16.3 Å². The van der Waals surface area contributed by atoms with E-state index in [9.17, 15) is 4.79 Å². The number of rotatable bonds is 5. The van der Waals surface area contributed by atoms with Crippen LogP contribution in [0.1, 0.15) is 35.8 Å². The first-order valence-electron chi connectivity index (χ1n) is 9.46. The van der Waals surface area contributed by atoms with Gasteiger partial charge in [-0.3, -0.25) is 4.79 Å². The standard InChI is InChI=1S/C22H23ClN2O2/c1-2-27-21-10-6-9-19-18(21)14-20(22(26)24-11-3-4-12-24)25(19)15-16-7-5-8-17(23)13-16/h5-10,13-14H,2-4,11-12,15H2,1H3. The summed E-state index contributed by atoms with van der Waals surface area (Å²) in [6.45, 7) is 4.81. The molecular weight excluding hydrogens is 360 g/mol. The number of ether oxygens (including phenoxy) is 1. The zero-order chi connectivity index (χ0) is 18.8. The SMILES string of the molecule is CCOc1cccc2c1cc(C(=O)N1CCCC1)n2Cc1cccc(Cl)c1. The van der Waals surface area contributed by atoms with Crippen molar-refractivity contribution >= 4 is 28.4 Å². The second kappa shape index (κ2) is 7.65. The van der Waals surface area contributed by atoms with Crippen molar-refractivity contribution in [2.24, 2.45) is 0 Å². The number of carbonyl (C=O) groups is 1. The summed E-state index contributed by atoms with van der Waals surface area (Å²) in [7, 11) is 0. The molecule has 0 radical (unpaired) electrons. The van der Waals surface area contributed by atoms with Crippen molar-refractivity contribution < 1.29 is 9.53 Å². The maximum atomic E-state index is 13.2. The molecule has 0 atom stereocenters. The van der Waals surface area contributed by atoms with Crippen molar-refractivity contribution in [3.63, 3.8) is 0 Å². The molecule has 1 amide bonds. The maximum absolute atomic E-state index is 13.2. The van der Waals surface area contributed by atoms with Crippen LogP contribution in [0, 0.1) is 0 Å². The third-order valence-corrected chi connectivity index (χ3v) is 5.28. The molecule has 1 aliphatic heterocycles. The summed E-state index contributed by atoms with van der Waals surface area (Å²) >= 11 is 6.17. The Hall–Kier alpha value is -2.46. The molecule has 0 N–H and O–H groups in total. The van der Waals surface area contributed by atoms with Crippen molar-refractivity contribution in [3.8, 4) is 5.75 Å². The van der Waals surface area contributed by atoms with Gasteiger partial charge in [0.1, 0.15) is 11.4 Å². The normalized spacial score (nSPS) is 14.1. The van der Waals surface area contributed by atoms with E-state index in [0.29, 0.717) is 23.9 Å². The van der Waals surface area contributed by atoms with Crippen molar-refractivity contribution in [2.45, 2.75) is 26.3 Å². The molecule has 0 bridgehead atoms. The van der Waals surface area contributed by atoms with E-state index >= 15 is 0 Å². The van der Waals surface area contributed by atoms with Crippen LogP contribution >= 0.6 is 11.6 Å². The highest BCUT2D eigenvalue weighted by Gasteiger charge is 2.24. The van der Waals surface area contributed by atoms with E-state index in [-0.39, 0.29) is 5.91 Å². The number of likely N-dealkylation sites (tertiary alicyclic amines) is 1. The van der Waals surface area contributed by atoms with Crippen molar-refractivity contribution in [1.29, 1.82) is 0 Å². The first-order chi connectivity index (χ1) is 13.2. The molecule has 0 unspecified atom stereocenters. The Morgan fingerprint density at radius 3 is 2.63 bits per heavy atom. The van der Waals surface area contributed by atoms with Gasteiger partial charge >= 0.3 is 0 Å². The fourth-order valence-electron chi connectivity index (χ4n) is 3.79. The van der Waals surface area contributed by atoms with Crippen molar-refractivity contribution in [3.05, 3.63) is 64.8 Å². The molecule has 4 nitrogen and oxygen atoms in total. The first kappa shape index (κ1) is 17.9. The van der Waals surface area contributed by atoms with Crippen LogP contribution in [0.15, 0.2) is 48.5 Å². The third kappa shape index (κ3) is 3.54. The maximum Gasteiger partial charge on any atom is 0.270 e. The molecule has 1 aromatic heterocycles. The van der Waals surface area contributed by atoms with Gasteiger partial charge in [0.05, 0.1) is 12.1 Å². The van der Waals surface area contributed by atoms with Gasteiger partial charge in [0.25, 0.3) is 5.91 Å². The van der Waals surface area contributed by atoms with Crippen molar-refractivity contribution in [1.82, 2.24) is 9.47 Å². The van der Waals surface area contributed by atoms with Gasteiger partial charge in [-0.05, 0) is 55.7 Å². The zero-order valence-electron chi connectivity index (χ0n) is 15.5. The Morgan fingerprint density at radius 1 is 1.11 bits per heavy atom. The molecule has 5 heteroatoms. The lowest BCUT2D eigenvalue weighted by Gasteiger charge is -2.17. The minimum absolute atomic E-state index is 0.0909. The number of aromatic nitrogens is 1. The number of fused-ring (bicyclic) bond motifs is 1. The third-order valence-electron chi connectivity index (χ3n) is 5.05. The van der Waals surface area contributed by atoms with Crippen LogP contribution in [0.2, 0.25) is 5.02 Å². The molecular formula is C22H23ClN2O2. The lowest BCUT2D eigenvalue weighted by Crippen LogP contribution is -2.29. The average molecular weight is 383 g/mol. The van der Waals surface area contributed by atoms with E-state index in [1.165, 1.54) is 0 Å². The van der Waals surface area contributed by atoms with Crippen LogP contribution in [-0.4, -0.2) is 35.1 Å². The van der Waals surface area contributed by atoms with E-state index in [0.717, 1.165) is 48.1 Å². The number of amides is 1. The van der Waals surface area contributed by atoms with E-state index in [2.05, 4.69) is 4.57 Å². The topological polar surface area (TPSA) is 34.5 Å². The second-order valence-corrected chi connectivity index (χ2v) is 7.30. The van der Waals surface area contributed by atoms with Crippen molar-refractivity contribution in [2.75, 3.05) is 19.7 Å². The summed E-state index contributed by atoms with van der Waals surface area (Å²) in [5.41, 5.74) is 2.78. The molecule has 27 heavy (non-hydrogen) atoms. The molecule has 1 saturated heterocycles. The van der Waals surface area contributed by atoms with E-state index in [1.54, 1.807) is 0 Å². The quantitative estimate of drug-likeness (QED) is 0.623. The molecule has 0 aliphatic carbocycles. The smallest absolute Gasteiger partial charge is 0.270 e. The van der Waals surface area contributed by atoms with Gasteiger partial charge < -0.3 is 14.2 Å². The Balaban J connectivity index is 1.83. The number of halogens is 1. The number of benzene rings is 2. The van der Waals surface area contributed by atoms with Gasteiger partial charge in [0.2, 0.25) is 0 Å². The highest BCUT2D eigenvalue weighted by Crippen LogP contribution is 2.31. The number of hydrogen-bond donors (Lipinski definition) is 0. The monoisotopic (exact) mass is 382 g/mol. The predicted octanol–water partition coefficient (Wildman–Crippen LogP) is 4.98. The highest BCUT2D eigenvalue weighted by molar-refractivity contribution is 6.30. The molecule has 4 rings (SSSR count). The molecule has 1 fully saturated rings. The molecule has 2 heterocycles. The highest BCUT2D eigenvalue weighted by atomic mass is 35.5. The summed E-state index contributed by atoms with van der Waals surface area (Å²) < 4.78 is 7.89. The minimum atomic E-state index is 0.0909. The van der Waals surface area contributed by atoms with Crippen LogP contribution in [0.3, 0.4) is 0 Å². The first-order valence-corrected chi connectivity index (χ1v) is 9.84. The average Bonchev–Trinajstić information content (AvgIpc) is 3.31. The minimum Gasteiger partial charge on any atom is -0.493 e. The van der Waals surface area contributed by atoms with Gasteiger partial charge in [-0.1, -0.05) is 29.8 Å². The number of hydrogen-bond acceptors (Lipinski definition) is 2. The van der Waals surface area contributed by atoms with Gasteiger partial charge in [-0.15, -0.1) is 0 Å². The van der Waals surface area contributed by atoms with Crippen LogP contribution < -0.4 is 4.74 Å².